The molecule has 1 aromatic heterocycles. The highest BCUT2D eigenvalue weighted by Crippen LogP contribution is 2.24. The normalized spacial score (nSPS) is 13.5. The second kappa shape index (κ2) is 7.05. The van der Waals surface area contributed by atoms with Crippen molar-refractivity contribution in [2.24, 2.45) is 0 Å². The molecule has 0 saturated carbocycles. The van der Waals surface area contributed by atoms with Crippen LogP contribution < -0.4 is 10.6 Å². The van der Waals surface area contributed by atoms with E-state index >= 15 is 0 Å². The maximum Gasteiger partial charge on any atom is 0.319 e. The quantitative estimate of drug-likeness (QED) is 0.775. The van der Waals surface area contributed by atoms with Crippen molar-refractivity contribution in [2.45, 2.75) is 18.9 Å². The third-order valence-electron chi connectivity index (χ3n) is 2.94. The van der Waals surface area contributed by atoms with Gasteiger partial charge in [0.1, 0.15) is 5.76 Å². The molecular formula is C15H16Cl2N2O3. The van der Waals surface area contributed by atoms with E-state index in [-0.39, 0.29) is 6.54 Å². The number of hydrogen-bond donors (Lipinski definition) is 3. The van der Waals surface area contributed by atoms with Gasteiger partial charge in [0.15, 0.2) is 0 Å². The van der Waals surface area contributed by atoms with Crippen LogP contribution in [0.2, 0.25) is 10.0 Å². The standard InChI is InChI=1S/C15H16Cl2N2O3/c1-15(21,8-11-3-2-6-22-11)9-18-14(20)19-10-4-5-12(16)13(17)7-10/h2-7,21H,8-9H2,1H3,(H2,18,19,20). The SMILES string of the molecule is CC(O)(CNC(=O)Nc1ccc(Cl)c(Cl)c1)Cc1ccco1. The molecule has 0 aliphatic rings. The van der Waals surface area contributed by atoms with E-state index in [0.717, 1.165) is 0 Å². The number of hydrogen-bond acceptors (Lipinski definition) is 3. The lowest BCUT2D eigenvalue weighted by Gasteiger charge is -2.22. The van der Waals surface area contributed by atoms with E-state index in [1.54, 1.807) is 37.3 Å². The Labute approximate surface area is 138 Å². The molecule has 0 spiro atoms. The van der Waals surface area contributed by atoms with Gasteiger partial charge < -0.3 is 20.2 Å². The fourth-order valence-corrected chi connectivity index (χ4v) is 2.17. The van der Waals surface area contributed by atoms with E-state index in [0.29, 0.717) is 27.9 Å². The molecule has 0 aliphatic carbocycles. The lowest BCUT2D eigenvalue weighted by Crippen LogP contribution is -2.43. The number of rotatable bonds is 5. The van der Waals surface area contributed by atoms with Crippen molar-refractivity contribution in [3.63, 3.8) is 0 Å². The predicted octanol–water partition coefficient (Wildman–Crippen LogP) is 3.70. The molecule has 22 heavy (non-hydrogen) atoms. The van der Waals surface area contributed by atoms with Crippen LogP contribution in [0.25, 0.3) is 0 Å². The Morgan fingerprint density at radius 3 is 2.73 bits per heavy atom. The second-order valence-corrected chi connectivity index (χ2v) is 6.00. The number of anilines is 1. The minimum absolute atomic E-state index is 0.0703. The van der Waals surface area contributed by atoms with Crippen LogP contribution >= 0.6 is 23.2 Å². The van der Waals surface area contributed by atoms with Gasteiger partial charge in [-0.1, -0.05) is 23.2 Å². The molecule has 1 aromatic carbocycles. The lowest BCUT2D eigenvalue weighted by atomic mass is 10.0. The molecule has 118 valence electrons. The van der Waals surface area contributed by atoms with Gasteiger partial charge in [0.25, 0.3) is 0 Å². The average Bonchev–Trinajstić information content (AvgIpc) is 2.93. The van der Waals surface area contributed by atoms with Crippen molar-refractivity contribution in [2.75, 3.05) is 11.9 Å². The fraction of sp³-hybridized carbons (Fsp3) is 0.267. The first kappa shape index (κ1) is 16.7. The third kappa shape index (κ3) is 4.94. The molecule has 0 aliphatic heterocycles. The first-order chi connectivity index (χ1) is 10.4. The number of carbonyl (C=O) groups is 1. The number of benzene rings is 1. The van der Waals surface area contributed by atoms with Gasteiger partial charge in [0.2, 0.25) is 0 Å². The number of amides is 2. The van der Waals surface area contributed by atoms with Crippen molar-refractivity contribution in [1.29, 1.82) is 0 Å². The minimum Gasteiger partial charge on any atom is -0.469 e. The molecule has 2 aromatic rings. The van der Waals surface area contributed by atoms with Gasteiger partial charge in [-0.05, 0) is 37.3 Å². The largest absolute Gasteiger partial charge is 0.469 e. The van der Waals surface area contributed by atoms with Crippen LogP contribution in [0.3, 0.4) is 0 Å². The molecule has 2 amide bonds. The molecule has 1 unspecified atom stereocenters. The molecule has 0 fully saturated rings. The van der Waals surface area contributed by atoms with E-state index in [4.69, 9.17) is 27.6 Å². The Morgan fingerprint density at radius 1 is 1.32 bits per heavy atom. The molecule has 1 atom stereocenters. The molecule has 7 heteroatoms. The molecule has 5 nitrogen and oxygen atoms in total. The summed E-state index contributed by atoms with van der Waals surface area (Å²) in [5, 5.41) is 16.2. The van der Waals surface area contributed by atoms with Crippen molar-refractivity contribution in [3.05, 3.63) is 52.4 Å². The highest BCUT2D eigenvalue weighted by molar-refractivity contribution is 6.42. The van der Waals surface area contributed by atoms with E-state index in [9.17, 15) is 9.90 Å². The van der Waals surface area contributed by atoms with Gasteiger partial charge in [-0.2, -0.15) is 0 Å². The van der Waals surface area contributed by atoms with Crippen molar-refractivity contribution in [1.82, 2.24) is 5.32 Å². The number of furan rings is 1. The van der Waals surface area contributed by atoms with Crippen LogP contribution in [0.15, 0.2) is 41.0 Å². The van der Waals surface area contributed by atoms with Gasteiger partial charge in [0, 0.05) is 18.7 Å². The summed E-state index contributed by atoms with van der Waals surface area (Å²) in [5.41, 5.74) is -0.607. The fourth-order valence-electron chi connectivity index (χ4n) is 1.87. The molecule has 2 rings (SSSR count). The first-order valence-corrected chi connectivity index (χ1v) is 7.36. The van der Waals surface area contributed by atoms with Gasteiger partial charge in [-0.25, -0.2) is 4.79 Å². The summed E-state index contributed by atoms with van der Waals surface area (Å²) in [6.45, 7) is 1.69. The van der Waals surface area contributed by atoms with Gasteiger partial charge >= 0.3 is 6.03 Å². The topological polar surface area (TPSA) is 74.5 Å². The Bertz CT molecular complexity index is 642. The van der Waals surface area contributed by atoms with E-state index in [1.807, 2.05) is 0 Å². The van der Waals surface area contributed by atoms with Crippen molar-refractivity contribution >= 4 is 34.9 Å². The Morgan fingerprint density at radius 2 is 2.09 bits per heavy atom. The number of aliphatic hydroxyl groups is 1. The van der Waals surface area contributed by atoms with Crippen LogP contribution in [0.4, 0.5) is 10.5 Å². The number of nitrogens with one attached hydrogen (secondary N) is 2. The zero-order valence-corrected chi connectivity index (χ0v) is 13.4. The lowest BCUT2D eigenvalue weighted by molar-refractivity contribution is 0.0577. The molecule has 0 saturated heterocycles. The first-order valence-electron chi connectivity index (χ1n) is 6.60. The van der Waals surface area contributed by atoms with Gasteiger partial charge in [-0.3, -0.25) is 0 Å². The summed E-state index contributed by atoms with van der Waals surface area (Å²) in [5.74, 6) is 0.650. The van der Waals surface area contributed by atoms with Gasteiger partial charge in [0.05, 0.1) is 21.9 Å². The zero-order chi connectivity index (χ0) is 16.2. The molecule has 3 N–H and O–H groups in total. The monoisotopic (exact) mass is 342 g/mol. The summed E-state index contributed by atoms with van der Waals surface area (Å²) in [7, 11) is 0. The second-order valence-electron chi connectivity index (χ2n) is 5.19. The maximum absolute atomic E-state index is 11.8. The highest BCUT2D eigenvalue weighted by Gasteiger charge is 2.23. The van der Waals surface area contributed by atoms with Crippen LogP contribution in [-0.4, -0.2) is 23.3 Å². The van der Waals surface area contributed by atoms with Crippen LogP contribution in [-0.2, 0) is 6.42 Å². The van der Waals surface area contributed by atoms with E-state index < -0.39 is 11.6 Å². The molecular weight excluding hydrogens is 327 g/mol. The third-order valence-corrected chi connectivity index (χ3v) is 3.68. The van der Waals surface area contributed by atoms with Crippen LogP contribution in [0, 0.1) is 0 Å². The Hall–Kier alpha value is -1.69. The Kier molecular flexibility index (Phi) is 5.34. The van der Waals surface area contributed by atoms with Crippen molar-refractivity contribution in [3.8, 4) is 0 Å². The van der Waals surface area contributed by atoms with Crippen LogP contribution in [0.1, 0.15) is 12.7 Å². The minimum atomic E-state index is -1.12. The molecule has 0 bridgehead atoms. The summed E-state index contributed by atoms with van der Waals surface area (Å²) in [4.78, 5) is 11.8. The molecule has 1 heterocycles. The predicted molar refractivity (Wildman–Crippen MR) is 86.5 cm³/mol. The van der Waals surface area contributed by atoms with Crippen LogP contribution in [0.5, 0.6) is 0 Å². The van der Waals surface area contributed by atoms with E-state index in [1.165, 1.54) is 6.26 Å². The smallest absolute Gasteiger partial charge is 0.319 e. The van der Waals surface area contributed by atoms with Crippen molar-refractivity contribution < 1.29 is 14.3 Å². The average molecular weight is 343 g/mol. The summed E-state index contributed by atoms with van der Waals surface area (Å²) in [6.07, 6.45) is 1.84. The maximum atomic E-state index is 11.8. The van der Waals surface area contributed by atoms with E-state index in [2.05, 4.69) is 10.6 Å². The zero-order valence-electron chi connectivity index (χ0n) is 11.9. The summed E-state index contributed by atoms with van der Waals surface area (Å²) < 4.78 is 5.18. The Balaban J connectivity index is 1.85. The highest BCUT2D eigenvalue weighted by atomic mass is 35.5. The number of carbonyl (C=O) groups excluding carboxylic acids is 1. The number of halogens is 2. The summed E-state index contributed by atoms with van der Waals surface area (Å²) in [6, 6.07) is 7.84. The van der Waals surface area contributed by atoms with Gasteiger partial charge in [-0.15, -0.1) is 0 Å². The summed E-state index contributed by atoms with van der Waals surface area (Å²) >= 11 is 11.7. The molecule has 0 radical (unpaired) electrons. The number of urea groups is 1.